The van der Waals surface area contributed by atoms with E-state index in [9.17, 15) is 14.4 Å². The van der Waals surface area contributed by atoms with Crippen LogP contribution in [0.25, 0.3) is 0 Å². The van der Waals surface area contributed by atoms with E-state index in [0.717, 1.165) is 11.3 Å². The summed E-state index contributed by atoms with van der Waals surface area (Å²) in [6.45, 7) is 4.87. The maximum atomic E-state index is 12.9. The molecule has 33 heavy (non-hydrogen) atoms. The van der Waals surface area contributed by atoms with Crippen LogP contribution in [0.15, 0.2) is 66.7 Å². The van der Waals surface area contributed by atoms with E-state index in [4.69, 9.17) is 9.47 Å². The molecule has 0 aliphatic carbocycles. The van der Waals surface area contributed by atoms with Crippen LogP contribution in [-0.2, 0) is 0 Å². The van der Waals surface area contributed by atoms with Crippen molar-refractivity contribution in [3.05, 3.63) is 83.4 Å². The molecule has 0 spiro atoms. The molecule has 0 bridgehead atoms. The zero-order valence-electron chi connectivity index (χ0n) is 18.5. The van der Waals surface area contributed by atoms with Gasteiger partial charge in [-0.1, -0.05) is 25.1 Å². The van der Waals surface area contributed by atoms with Gasteiger partial charge in [0.2, 0.25) is 0 Å². The van der Waals surface area contributed by atoms with Gasteiger partial charge in [0.05, 0.1) is 30.0 Å². The van der Waals surface area contributed by atoms with Gasteiger partial charge in [-0.15, -0.1) is 0 Å². The molecule has 0 fully saturated rings. The van der Waals surface area contributed by atoms with Gasteiger partial charge < -0.3 is 14.8 Å². The van der Waals surface area contributed by atoms with Gasteiger partial charge in [0.25, 0.3) is 17.7 Å². The maximum absolute atomic E-state index is 12.9. The van der Waals surface area contributed by atoms with E-state index in [2.05, 4.69) is 5.32 Å². The van der Waals surface area contributed by atoms with E-state index in [1.807, 2.05) is 13.8 Å². The molecule has 3 amide bonds. The molecule has 1 aliphatic heterocycles. The van der Waals surface area contributed by atoms with Crippen molar-refractivity contribution in [1.82, 2.24) is 0 Å². The minimum absolute atomic E-state index is 0.350. The monoisotopic (exact) mass is 444 g/mol. The predicted molar refractivity (Wildman–Crippen MR) is 125 cm³/mol. The minimum atomic E-state index is -0.386. The second-order valence-corrected chi connectivity index (χ2v) is 7.44. The second-order valence-electron chi connectivity index (χ2n) is 7.44. The topological polar surface area (TPSA) is 84.9 Å². The van der Waals surface area contributed by atoms with Gasteiger partial charge in [0.1, 0.15) is 0 Å². The summed E-state index contributed by atoms with van der Waals surface area (Å²) in [7, 11) is 0. The molecule has 0 saturated carbocycles. The minimum Gasteiger partial charge on any atom is -0.490 e. The van der Waals surface area contributed by atoms with Gasteiger partial charge in [0, 0.05) is 11.3 Å². The predicted octanol–water partition coefficient (Wildman–Crippen LogP) is 4.93. The van der Waals surface area contributed by atoms with Crippen molar-refractivity contribution < 1.29 is 23.9 Å². The Labute approximate surface area is 191 Å². The summed E-state index contributed by atoms with van der Waals surface area (Å²) in [5.74, 6) is -0.0371. The van der Waals surface area contributed by atoms with Crippen LogP contribution in [0.3, 0.4) is 0 Å². The van der Waals surface area contributed by atoms with Gasteiger partial charge >= 0.3 is 0 Å². The molecular formula is C26H24N2O5. The van der Waals surface area contributed by atoms with Crippen molar-refractivity contribution in [1.29, 1.82) is 0 Å². The lowest BCUT2D eigenvalue weighted by Crippen LogP contribution is -2.29. The fourth-order valence-electron chi connectivity index (χ4n) is 3.60. The van der Waals surface area contributed by atoms with Crippen molar-refractivity contribution in [3.63, 3.8) is 0 Å². The first-order chi connectivity index (χ1) is 16.0. The highest BCUT2D eigenvalue weighted by Gasteiger charge is 2.36. The van der Waals surface area contributed by atoms with E-state index >= 15 is 0 Å². The Kier molecular flexibility index (Phi) is 6.40. The van der Waals surface area contributed by atoms with E-state index in [-0.39, 0.29) is 17.7 Å². The number of imide groups is 1. The third-order valence-electron chi connectivity index (χ3n) is 5.12. The number of hydrogen-bond acceptors (Lipinski definition) is 5. The standard InChI is InChI=1S/C26H24N2O5/c1-3-14-33-22-13-12-17(15-23(22)32-4-2)24(29)27-18-8-7-9-19(16-18)28-25(30)20-10-5-6-11-21(20)26(28)31/h5-13,15-16H,3-4,14H2,1-2H3,(H,27,29). The Morgan fingerprint density at radius 3 is 2.24 bits per heavy atom. The molecule has 1 N–H and O–H groups in total. The molecule has 7 nitrogen and oxygen atoms in total. The van der Waals surface area contributed by atoms with Gasteiger partial charge in [0.15, 0.2) is 11.5 Å². The van der Waals surface area contributed by atoms with E-state index in [1.165, 1.54) is 0 Å². The fourth-order valence-corrected chi connectivity index (χ4v) is 3.60. The normalized spacial score (nSPS) is 12.5. The first kappa shape index (κ1) is 22.1. The van der Waals surface area contributed by atoms with Gasteiger partial charge in [-0.3, -0.25) is 14.4 Å². The van der Waals surface area contributed by atoms with Crippen LogP contribution in [0.1, 0.15) is 51.3 Å². The number of nitrogens with zero attached hydrogens (tertiary/aromatic N) is 1. The largest absolute Gasteiger partial charge is 0.490 e. The number of ether oxygens (including phenoxy) is 2. The molecule has 0 aromatic heterocycles. The zero-order valence-corrected chi connectivity index (χ0v) is 18.5. The number of amides is 3. The number of rotatable bonds is 8. The highest BCUT2D eigenvalue weighted by molar-refractivity contribution is 6.34. The van der Waals surface area contributed by atoms with Crippen molar-refractivity contribution in [2.45, 2.75) is 20.3 Å². The number of anilines is 2. The maximum Gasteiger partial charge on any atom is 0.266 e. The molecule has 168 valence electrons. The number of hydrogen-bond donors (Lipinski definition) is 1. The summed E-state index contributed by atoms with van der Waals surface area (Å²) in [4.78, 5) is 39.5. The van der Waals surface area contributed by atoms with Crippen LogP contribution in [0.4, 0.5) is 11.4 Å². The Morgan fingerprint density at radius 2 is 1.58 bits per heavy atom. The number of nitrogens with one attached hydrogen (secondary N) is 1. The molecular weight excluding hydrogens is 420 g/mol. The summed E-state index contributed by atoms with van der Waals surface area (Å²) in [5.41, 5.74) is 1.97. The molecule has 0 radical (unpaired) electrons. The molecule has 0 atom stereocenters. The van der Waals surface area contributed by atoms with Crippen molar-refractivity contribution in [3.8, 4) is 11.5 Å². The van der Waals surface area contributed by atoms with Crippen molar-refractivity contribution >= 4 is 29.1 Å². The lowest BCUT2D eigenvalue weighted by molar-refractivity contribution is 0.0925. The van der Waals surface area contributed by atoms with E-state index < -0.39 is 0 Å². The molecule has 4 rings (SSSR count). The van der Waals surface area contributed by atoms with Crippen LogP contribution in [0.2, 0.25) is 0 Å². The average molecular weight is 444 g/mol. The molecule has 3 aromatic rings. The van der Waals surface area contributed by atoms with Crippen LogP contribution >= 0.6 is 0 Å². The van der Waals surface area contributed by atoms with Crippen LogP contribution in [0.5, 0.6) is 11.5 Å². The molecule has 1 heterocycles. The Hall–Kier alpha value is -4.13. The SMILES string of the molecule is CCCOc1ccc(C(=O)Nc2cccc(N3C(=O)c4ccccc4C3=O)c2)cc1OCC. The van der Waals surface area contributed by atoms with Crippen LogP contribution in [0, 0.1) is 0 Å². The second kappa shape index (κ2) is 9.56. The summed E-state index contributed by atoms with van der Waals surface area (Å²) in [6.07, 6.45) is 0.858. The molecule has 3 aromatic carbocycles. The third kappa shape index (κ3) is 4.43. The third-order valence-corrected chi connectivity index (χ3v) is 5.12. The highest BCUT2D eigenvalue weighted by atomic mass is 16.5. The Morgan fingerprint density at radius 1 is 0.848 bits per heavy atom. The smallest absolute Gasteiger partial charge is 0.266 e. The first-order valence-electron chi connectivity index (χ1n) is 10.8. The van der Waals surface area contributed by atoms with E-state index in [1.54, 1.807) is 66.7 Å². The number of carbonyl (C=O) groups is 3. The number of carbonyl (C=O) groups excluding carboxylic acids is 3. The number of benzene rings is 3. The van der Waals surface area contributed by atoms with Gasteiger partial charge in [-0.25, -0.2) is 4.90 Å². The van der Waals surface area contributed by atoms with Crippen LogP contribution in [-0.4, -0.2) is 30.9 Å². The highest BCUT2D eigenvalue weighted by Crippen LogP contribution is 2.31. The Balaban J connectivity index is 1.55. The lowest BCUT2D eigenvalue weighted by atomic mass is 10.1. The first-order valence-corrected chi connectivity index (χ1v) is 10.8. The quantitative estimate of drug-likeness (QED) is 0.498. The molecule has 0 saturated heterocycles. The van der Waals surface area contributed by atoms with Crippen molar-refractivity contribution in [2.24, 2.45) is 0 Å². The molecule has 1 aliphatic rings. The van der Waals surface area contributed by atoms with Gasteiger partial charge in [-0.2, -0.15) is 0 Å². The molecule has 7 heteroatoms. The summed E-state index contributed by atoms with van der Waals surface area (Å²) in [5, 5.41) is 2.82. The Bertz CT molecular complexity index is 1190. The zero-order chi connectivity index (χ0) is 23.4. The summed E-state index contributed by atoms with van der Waals surface area (Å²) >= 11 is 0. The average Bonchev–Trinajstić information content (AvgIpc) is 3.08. The lowest BCUT2D eigenvalue weighted by Gasteiger charge is -2.16. The summed E-state index contributed by atoms with van der Waals surface area (Å²) < 4.78 is 11.3. The fraction of sp³-hybridized carbons (Fsp3) is 0.192. The van der Waals surface area contributed by atoms with Crippen molar-refractivity contribution in [2.75, 3.05) is 23.4 Å². The molecule has 0 unspecified atom stereocenters. The van der Waals surface area contributed by atoms with Gasteiger partial charge in [-0.05, 0) is 61.9 Å². The summed E-state index contributed by atoms with van der Waals surface area (Å²) in [6, 6.07) is 18.4. The number of fused-ring (bicyclic) bond motifs is 1. The van der Waals surface area contributed by atoms with Crippen LogP contribution < -0.4 is 19.7 Å². The van der Waals surface area contributed by atoms with E-state index in [0.29, 0.717) is 52.8 Å².